The Hall–Kier alpha value is -0.800. The molecule has 0 aromatic rings. The second-order valence-corrected chi connectivity index (χ2v) is 3.09. The van der Waals surface area contributed by atoms with Crippen LogP contribution in [0.4, 0.5) is 17.6 Å². The summed E-state index contributed by atoms with van der Waals surface area (Å²) < 4.78 is 49.2. The van der Waals surface area contributed by atoms with Crippen LogP contribution < -0.4 is 0 Å². The Morgan fingerprint density at radius 1 is 1.46 bits per heavy atom. The van der Waals surface area contributed by atoms with Gasteiger partial charge in [0.2, 0.25) is 0 Å². The molecule has 1 atom stereocenters. The summed E-state index contributed by atoms with van der Waals surface area (Å²) in [5.41, 5.74) is -0.764. The summed E-state index contributed by atoms with van der Waals surface area (Å²) in [6.07, 6.45) is -2.14. The third-order valence-electron chi connectivity index (χ3n) is 2.08. The molecule has 0 saturated carbocycles. The van der Waals surface area contributed by atoms with Crippen molar-refractivity contribution in [2.24, 2.45) is 5.92 Å². The van der Waals surface area contributed by atoms with Gasteiger partial charge in [-0.25, -0.2) is 4.39 Å². The molecule has 74 valence electrons. The lowest BCUT2D eigenvalue weighted by atomic mass is 9.91. The van der Waals surface area contributed by atoms with E-state index in [-0.39, 0.29) is 12.3 Å². The quantitative estimate of drug-likeness (QED) is 0.557. The van der Waals surface area contributed by atoms with Crippen LogP contribution >= 0.6 is 0 Å². The molecule has 0 nitrogen and oxygen atoms in total. The fourth-order valence-corrected chi connectivity index (χ4v) is 1.30. The second kappa shape index (κ2) is 3.52. The van der Waals surface area contributed by atoms with Gasteiger partial charge in [0.25, 0.3) is 0 Å². The Morgan fingerprint density at radius 2 is 2.08 bits per heavy atom. The van der Waals surface area contributed by atoms with E-state index in [0.717, 1.165) is 0 Å². The van der Waals surface area contributed by atoms with Gasteiger partial charge >= 0.3 is 6.18 Å². The summed E-state index contributed by atoms with van der Waals surface area (Å²) in [7, 11) is 0. The maximum absolute atomic E-state index is 12.7. The normalized spacial score (nSPS) is 23.9. The van der Waals surface area contributed by atoms with Crippen molar-refractivity contribution in [1.29, 1.82) is 0 Å². The van der Waals surface area contributed by atoms with Crippen LogP contribution in [0.3, 0.4) is 0 Å². The van der Waals surface area contributed by atoms with Crippen molar-refractivity contribution in [3.05, 3.63) is 23.6 Å². The minimum absolute atomic E-state index is 0.104. The number of hydrogen-bond acceptors (Lipinski definition) is 0. The summed E-state index contributed by atoms with van der Waals surface area (Å²) in [6.45, 7) is 1.74. The van der Waals surface area contributed by atoms with Crippen molar-refractivity contribution in [3.63, 3.8) is 0 Å². The minimum Gasteiger partial charge on any atom is -0.207 e. The number of allylic oxidation sites excluding steroid dienone is 4. The van der Waals surface area contributed by atoms with E-state index in [1.165, 1.54) is 6.08 Å². The molecule has 13 heavy (non-hydrogen) atoms. The van der Waals surface area contributed by atoms with Gasteiger partial charge in [0.05, 0.1) is 0 Å². The molecule has 0 fully saturated rings. The zero-order chi connectivity index (χ0) is 10.1. The van der Waals surface area contributed by atoms with Crippen molar-refractivity contribution < 1.29 is 17.6 Å². The molecule has 0 bridgehead atoms. The first-order chi connectivity index (χ1) is 5.93. The highest BCUT2D eigenvalue weighted by molar-refractivity contribution is 5.27. The molecule has 0 radical (unpaired) electrons. The van der Waals surface area contributed by atoms with Crippen LogP contribution in [0.15, 0.2) is 23.6 Å². The first-order valence-electron chi connectivity index (χ1n) is 4.08. The van der Waals surface area contributed by atoms with E-state index in [1.807, 2.05) is 0 Å². The van der Waals surface area contributed by atoms with E-state index in [1.54, 1.807) is 6.92 Å². The Balaban J connectivity index is 2.85. The highest BCUT2D eigenvalue weighted by atomic mass is 19.4. The van der Waals surface area contributed by atoms with Crippen LogP contribution in [-0.4, -0.2) is 6.18 Å². The predicted octanol–water partition coefficient (Wildman–Crippen LogP) is 3.76. The lowest BCUT2D eigenvalue weighted by molar-refractivity contribution is -0.0953. The van der Waals surface area contributed by atoms with E-state index in [4.69, 9.17) is 0 Å². The van der Waals surface area contributed by atoms with Gasteiger partial charge in [-0.1, -0.05) is 6.92 Å². The van der Waals surface area contributed by atoms with Crippen LogP contribution in [0.25, 0.3) is 0 Å². The molecule has 0 amide bonds. The molecule has 1 unspecified atom stereocenters. The van der Waals surface area contributed by atoms with E-state index >= 15 is 0 Å². The Kier molecular flexibility index (Phi) is 2.78. The predicted molar refractivity (Wildman–Crippen MR) is 41.7 cm³/mol. The van der Waals surface area contributed by atoms with E-state index < -0.39 is 17.6 Å². The topological polar surface area (TPSA) is 0 Å². The van der Waals surface area contributed by atoms with Gasteiger partial charge in [0.15, 0.2) is 0 Å². The van der Waals surface area contributed by atoms with Gasteiger partial charge in [-0.2, -0.15) is 13.2 Å². The van der Waals surface area contributed by atoms with Crippen LogP contribution in [0.5, 0.6) is 0 Å². The van der Waals surface area contributed by atoms with Crippen LogP contribution in [0.2, 0.25) is 0 Å². The highest BCUT2D eigenvalue weighted by Gasteiger charge is 2.35. The molecule has 0 N–H and O–H groups in total. The average molecular weight is 194 g/mol. The van der Waals surface area contributed by atoms with Crippen molar-refractivity contribution in [2.45, 2.75) is 25.9 Å². The minimum atomic E-state index is -4.39. The molecule has 0 aromatic heterocycles. The van der Waals surface area contributed by atoms with Crippen LogP contribution in [0, 0.1) is 5.92 Å². The van der Waals surface area contributed by atoms with Crippen molar-refractivity contribution in [2.75, 3.05) is 0 Å². The molecular weight excluding hydrogens is 184 g/mol. The van der Waals surface area contributed by atoms with E-state index in [2.05, 4.69) is 0 Å². The van der Waals surface area contributed by atoms with Gasteiger partial charge in [0.1, 0.15) is 5.83 Å². The van der Waals surface area contributed by atoms with E-state index in [9.17, 15) is 17.6 Å². The smallest absolute Gasteiger partial charge is 0.207 e. The Bertz CT molecular complexity index is 247. The summed E-state index contributed by atoms with van der Waals surface area (Å²) >= 11 is 0. The standard InChI is InChI=1S/C9H10F4/c1-2-6-3-7(9(11,12)13)5-8(10)4-6/h4-6H,2-3H2,1H3. The highest BCUT2D eigenvalue weighted by Crippen LogP contribution is 2.36. The Labute approximate surface area is 73.9 Å². The first-order valence-corrected chi connectivity index (χ1v) is 4.08. The van der Waals surface area contributed by atoms with Gasteiger partial charge in [0, 0.05) is 5.57 Å². The maximum atomic E-state index is 12.7. The van der Waals surface area contributed by atoms with E-state index in [0.29, 0.717) is 12.5 Å². The zero-order valence-electron chi connectivity index (χ0n) is 7.16. The number of hydrogen-bond donors (Lipinski definition) is 0. The summed E-state index contributed by atoms with van der Waals surface area (Å²) in [4.78, 5) is 0. The summed E-state index contributed by atoms with van der Waals surface area (Å²) in [5, 5.41) is 0. The van der Waals surface area contributed by atoms with Gasteiger partial charge < -0.3 is 0 Å². The van der Waals surface area contributed by atoms with Gasteiger partial charge in [-0.05, 0) is 30.9 Å². The van der Waals surface area contributed by atoms with Crippen molar-refractivity contribution in [3.8, 4) is 0 Å². The Morgan fingerprint density at radius 3 is 2.54 bits per heavy atom. The molecule has 0 heterocycles. The monoisotopic (exact) mass is 194 g/mol. The molecule has 1 rings (SSSR count). The largest absolute Gasteiger partial charge is 0.412 e. The fraction of sp³-hybridized carbons (Fsp3) is 0.556. The zero-order valence-corrected chi connectivity index (χ0v) is 7.16. The molecule has 0 aliphatic heterocycles. The fourth-order valence-electron chi connectivity index (χ4n) is 1.30. The lowest BCUT2D eigenvalue weighted by Crippen LogP contribution is -2.17. The molecule has 1 aliphatic carbocycles. The average Bonchev–Trinajstić information content (AvgIpc) is 2.01. The lowest BCUT2D eigenvalue weighted by Gasteiger charge is -2.19. The summed E-state index contributed by atoms with van der Waals surface area (Å²) in [6, 6.07) is 0. The molecular formula is C9H10F4. The first kappa shape index (κ1) is 10.3. The third-order valence-corrected chi connectivity index (χ3v) is 2.08. The van der Waals surface area contributed by atoms with Gasteiger partial charge in [-0.15, -0.1) is 0 Å². The molecule has 4 heteroatoms. The molecule has 0 aromatic carbocycles. The van der Waals surface area contributed by atoms with Crippen LogP contribution in [0.1, 0.15) is 19.8 Å². The molecule has 0 saturated heterocycles. The number of alkyl halides is 3. The van der Waals surface area contributed by atoms with Gasteiger partial charge in [-0.3, -0.25) is 0 Å². The maximum Gasteiger partial charge on any atom is 0.412 e. The third kappa shape index (κ3) is 2.57. The summed E-state index contributed by atoms with van der Waals surface area (Å²) in [5.74, 6) is -1.09. The van der Waals surface area contributed by atoms with Crippen molar-refractivity contribution in [1.82, 2.24) is 0 Å². The number of rotatable bonds is 1. The molecule has 0 spiro atoms. The van der Waals surface area contributed by atoms with Crippen LogP contribution in [-0.2, 0) is 0 Å². The SMILES string of the molecule is CCC1C=C(F)C=C(C(F)(F)F)C1. The second-order valence-electron chi connectivity index (χ2n) is 3.09. The molecule has 1 aliphatic rings. The van der Waals surface area contributed by atoms with Crippen molar-refractivity contribution >= 4 is 0 Å². The number of halogens is 4.